The minimum atomic E-state index is -0.189. The van der Waals surface area contributed by atoms with Crippen molar-refractivity contribution in [3.8, 4) is 0 Å². The van der Waals surface area contributed by atoms with Crippen LogP contribution in [0.25, 0.3) is 0 Å². The second-order valence-corrected chi connectivity index (χ2v) is 7.93. The highest BCUT2D eigenvalue weighted by atomic mass is 16.2. The Kier molecular flexibility index (Phi) is 9.81. The van der Waals surface area contributed by atoms with Crippen LogP contribution in [-0.2, 0) is 22.4 Å². The van der Waals surface area contributed by atoms with E-state index in [4.69, 9.17) is 0 Å². The Hall–Kier alpha value is -3.26. The fourth-order valence-corrected chi connectivity index (χ4v) is 3.05. The second-order valence-electron chi connectivity index (χ2n) is 7.93. The normalized spacial score (nSPS) is 11.1. The summed E-state index contributed by atoms with van der Waals surface area (Å²) < 4.78 is 0. The molecule has 32 heavy (non-hydrogen) atoms. The molecule has 2 N–H and O–H groups in total. The van der Waals surface area contributed by atoms with E-state index in [0.29, 0.717) is 25.3 Å². The number of hydrogen-bond donors (Lipinski definition) is 2. The molecule has 8 nitrogen and oxygen atoms in total. The summed E-state index contributed by atoms with van der Waals surface area (Å²) in [5, 5.41) is 6.16. The molecule has 1 heterocycles. The number of carbonyl (C=O) groups is 2. The van der Waals surface area contributed by atoms with E-state index >= 15 is 0 Å². The molecule has 0 fully saturated rings. The summed E-state index contributed by atoms with van der Waals surface area (Å²) in [5.41, 5.74) is 3.92. The molecule has 2 amide bonds. The highest BCUT2D eigenvalue weighted by Crippen LogP contribution is 2.17. The third-order valence-electron chi connectivity index (χ3n) is 4.81. The van der Waals surface area contributed by atoms with Gasteiger partial charge in [-0.15, -0.1) is 0 Å². The van der Waals surface area contributed by atoms with Crippen molar-refractivity contribution in [2.24, 2.45) is 0 Å². The van der Waals surface area contributed by atoms with Crippen LogP contribution in [0, 0.1) is 6.92 Å². The lowest BCUT2D eigenvalue weighted by atomic mass is 10.1. The first kappa shape index (κ1) is 25.0. The van der Waals surface area contributed by atoms with Gasteiger partial charge in [0.25, 0.3) is 0 Å². The molecule has 2 rings (SSSR count). The molecule has 0 aliphatic heterocycles. The number of aryl methyl sites for hydroxylation is 2. The average molecular weight is 439 g/mol. The van der Waals surface area contributed by atoms with Gasteiger partial charge in [-0.1, -0.05) is 25.1 Å². The van der Waals surface area contributed by atoms with E-state index in [2.05, 4.69) is 27.5 Å². The number of nitrogens with one attached hydrogen (secondary N) is 2. The summed E-state index contributed by atoms with van der Waals surface area (Å²) in [6.45, 7) is 5.21. The van der Waals surface area contributed by atoms with Crippen LogP contribution >= 0.6 is 0 Å². The average Bonchev–Trinajstić information content (AvgIpc) is 2.74. The molecule has 0 atom stereocenters. The lowest BCUT2D eigenvalue weighted by molar-refractivity contribution is -0.131. The molecular weight excluding hydrogens is 404 g/mol. The van der Waals surface area contributed by atoms with E-state index in [9.17, 15) is 9.59 Å². The monoisotopic (exact) mass is 438 g/mol. The number of nitrogens with zero attached hydrogens (tertiary/aromatic N) is 4. The summed E-state index contributed by atoms with van der Waals surface area (Å²) in [4.78, 5) is 36.5. The standard InChI is InChI=1S/C24H34N6O2/c1-6-21-18(2)27-22(16-26-21)28-20-10-7-9-19(15-20)12-13-25-23(31)17-30(5)24(32)11-8-14-29(3)4/h7-11,15-16H,6,12-14,17H2,1-5H3,(H,25,31)(H,27,28)/b11-8+. The molecule has 0 saturated heterocycles. The van der Waals surface area contributed by atoms with Crippen molar-refractivity contribution in [1.29, 1.82) is 0 Å². The van der Waals surface area contributed by atoms with Gasteiger partial charge in [-0.05, 0) is 51.6 Å². The predicted molar refractivity (Wildman–Crippen MR) is 128 cm³/mol. The fourth-order valence-electron chi connectivity index (χ4n) is 3.05. The van der Waals surface area contributed by atoms with Gasteiger partial charge in [0.2, 0.25) is 11.8 Å². The quantitative estimate of drug-likeness (QED) is 0.524. The van der Waals surface area contributed by atoms with Crippen LogP contribution in [0.15, 0.2) is 42.6 Å². The first-order chi connectivity index (χ1) is 15.3. The van der Waals surface area contributed by atoms with Gasteiger partial charge in [-0.25, -0.2) is 4.98 Å². The maximum atomic E-state index is 12.2. The van der Waals surface area contributed by atoms with Crippen LogP contribution in [-0.4, -0.2) is 72.4 Å². The number of benzene rings is 1. The van der Waals surface area contributed by atoms with E-state index in [1.54, 1.807) is 19.3 Å². The van der Waals surface area contributed by atoms with Crippen LogP contribution in [0.3, 0.4) is 0 Å². The highest BCUT2D eigenvalue weighted by Gasteiger charge is 2.10. The second kappa shape index (κ2) is 12.6. The summed E-state index contributed by atoms with van der Waals surface area (Å²) in [6, 6.07) is 7.98. The largest absolute Gasteiger partial charge is 0.354 e. The molecule has 0 spiro atoms. The Morgan fingerprint density at radius 3 is 2.66 bits per heavy atom. The number of carbonyl (C=O) groups excluding carboxylic acids is 2. The zero-order valence-corrected chi connectivity index (χ0v) is 19.7. The number of aromatic nitrogens is 2. The molecule has 1 aromatic carbocycles. The smallest absolute Gasteiger partial charge is 0.246 e. The third-order valence-corrected chi connectivity index (χ3v) is 4.81. The van der Waals surface area contributed by atoms with Crippen LogP contribution < -0.4 is 10.6 Å². The Bertz CT molecular complexity index is 942. The van der Waals surface area contributed by atoms with Crippen LogP contribution in [0.2, 0.25) is 0 Å². The molecular formula is C24H34N6O2. The Morgan fingerprint density at radius 2 is 1.97 bits per heavy atom. The van der Waals surface area contributed by atoms with Gasteiger partial charge >= 0.3 is 0 Å². The van der Waals surface area contributed by atoms with Crippen molar-refractivity contribution in [3.05, 3.63) is 59.6 Å². The molecule has 1 aromatic heterocycles. The van der Waals surface area contributed by atoms with Crippen molar-refractivity contribution < 1.29 is 9.59 Å². The first-order valence-electron chi connectivity index (χ1n) is 10.8. The van der Waals surface area contributed by atoms with Gasteiger partial charge < -0.3 is 20.4 Å². The summed E-state index contributed by atoms with van der Waals surface area (Å²) in [5.74, 6) is 0.335. The molecule has 8 heteroatoms. The molecule has 2 aromatic rings. The first-order valence-corrected chi connectivity index (χ1v) is 10.8. The SMILES string of the molecule is CCc1ncc(Nc2cccc(CCNC(=O)CN(C)C(=O)/C=C/CN(C)C)c2)nc1C. The summed E-state index contributed by atoms with van der Waals surface area (Å²) >= 11 is 0. The zero-order chi connectivity index (χ0) is 23.5. The highest BCUT2D eigenvalue weighted by molar-refractivity contribution is 5.91. The summed E-state index contributed by atoms with van der Waals surface area (Å²) in [7, 11) is 5.47. The van der Waals surface area contributed by atoms with Crippen LogP contribution in [0.1, 0.15) is 23.9 Å². The van der Waals surface area contributed by atoms with Crippen molar-refractivity contribution in [3.63, 3.8) is 0 Å². The van der Waals surface area contributed by atoms with E-state index in [1.807, 2.05) is 50.2 Å². The minimum Gasteiger partial charge on any atom is -0.354 e. The number of anilines is 2. The van der Waals surface area contributed by atoms with Gasteiger partial charge in [-0.2, -0.15) is 0 Å². The molecule has 0 aliphatic carbocycles. The molecule has 0 radical (unpaired) electrons. The lowest BCUT2D eigenvalue weighted by Crippen LogP contribution is -2.38. The van der Waals surface area contributed by atoms with Gasteiger partial charge in [0.1, 0.15) is 5.82 Å². The maximum Gasteiger partial charge on any atom is 0.246 e. The fraction of sp³-hybridized carbons (Fsp3) is 0.417. The van der Waals surface area contributed by atoms with Crippen LogP contribution in [0.4, 0.5) is 11.5 Å². The Balaban J connectivity index is 1.80. The van der Waals surface area contributed by atoms with Crippen molar-refractivity contribution in [2.45, 2.75) is 26.7 Å². The minimum absolute atomic E-state index is 0.0263. The Labute approximate surface area is 190 Å². The van der Waals surface area contributed by atoms with Crippen molar-refractivity contribution in [2.75, 3.05) is 46.1 Å². The van der Waals surface area contributed by atoms with E-state index in [-0.39, 0.29) is 18.4 Å². The van der Waals surface area contributed by atoms with E-state index in [0.717, 1.165) is 29.1 Å². The number of amides is 2. The number of rotatable bonds is 11. The molecule has 0 saturated carbocycles. The molecule has 0 bridgehead atoms. The third kappa shape index (κ3) is 8.47. The van der Waals surface area contributed by atoms with Crippen LogP contribution in [0.5, 0.6) is 0 Å². The number of hydrogen-bond acceptors (Lipinski definition) is 6. The topological polar surface area (TPSA) is 90.5 Å². The van der Waals surface area contributed by atoms with Crippen molar-refractivity contribution in [1.82, 2.24) is 25.1 Å². The van der Waals surface area contributed by atoms with E-state index in [1.165, 1.54) is 11.0 Å². The molecule has 172 valence electrons. The number of likely N-dealkylation sites (N-methyl/N-ethyl adjacent to an activating group) is 2. The zero-order valence-electron chi connectivity index (χ0n) is 19.7. The maximum absolute atomic E-state index is 12.2. The van der Waals surface area contributed by atoms with Gasteiger partial charge in [-0.3, -0.25) is 14.6 Å². The molecule has 0 unspecified atom stereocenters. The predicted octanol–water partition coefficient (Wildman–Crippen LogP) is 2.33. The van der Waals surface area contributed by atoms with Gasteiger partial charge in [0.15, 0.2) is 0 Å². The van der Waals surface area contributed by atoms with Crippen molar-refractivity contribution >= 4 is 23.3 Å². The van der Waals surface area contributed by atoms with Gasteiger partial charge in [0.05, 0.1) is 24.1 Å². The van der Waals surface area contributed by atoms with Gasteiger partial charge in [0, 0.05) is 31.9 Å². The summed E-state index contributed by atoms with van der Waals surface area (Å²) in [6.07, 6.45) is 6.56. The molecule has 0 aliphatic rings. The lowest BCUT2D eigenvalue weighted by Gasteiger charge is -2.15. The Morgan fingerprint density at radius 1 is 1.19 bits per heavy atom. The van der Waals surface area contributed by atoms with E-state index < -0.39 is 0 Å².